The third kappa shape index (κ3) is 5.01. The maximum Gasteiger partial charge on any atom is 0.220 e. The highest BCUT2D eigenvalue weighted by Crippen LogP contribution is 2.17. The largest absolute Gasteiger partial charge is 0.394 e. The van der Waals surface area contributed by atoms with Crippen molar-refractivity contribution in [2.75, 3.05) is 6.61 Å². The molecule has 2 N–H and O–H groups in total. The van der Waals surface area contributed by atoms with Gasteiger partial charge in [-0.1, -0.05) is 29.8 Å². The lowest BCUT2D eigenvalue weighted by Crippen LogP contribution is -2.30. The molecule has 23 heavy (non-hydrogen) atoms. The second-order valence-electron chi connectivity index (χ2n) is 5.10. The van der Waals surface area contributed by atoms with Crippen LogP contribution in [0.3, 0.4) is 0 Å². The molecule has 0 saturated carbocycles. The molecule has 6 heteroatoms. The van der Waals surface area contributed by atoms with Gasteiger partial charge in [-0.2, -0.15) is 0 Å². The summed E-state index contributed by atoms with van der Waals surface area (Å²) in [6.07, 6.45) is 0.386. The first kappa shape index (κ1) is 17.4. The van der Waals surface area contributed by atoms with Crippen LogP contribution in [0.25, 0.3) is 0 Å². The highest BCUT2D eigenvalue weighted by atomic mass is 35.5. The average Bonchev–Trinajstić information content (AvgIpc) is 2.54. The fourth-order valence-corrected chi connectivity index (χ4v) is 2.27. The minimum absolute atomic E-state index is 0.106. The van der Waals surface area contributed by atoms with Crippen LogP contribution in [0, 0.1) is 11.6 Å². The van der Waals surface area contributed by atoms with Gasteiger partial charge in [0.1, 0.15) is 0 Å². The number of rotatable bonds is 6. The Morgan fingerprint density at radius 1 is 1.13 bits per heavy atom. The summed E-state index contributed by atoms with van der Waals surface area (Å²) < 4.78 is 25.9. The molecular formula is C17H16ClF2NO2. The van der Waals surface area contributed by atoms with Gasteiger partial charge >= 0.3 is 0 Å². The average molecular weight is 340 g/mol. The molecule has 1 amide bonds. The van der Waals surface area contributed by atoms with Gasteiger partial charge in [0.15, 0.2) is 11.6 Å². The van der Waals surface area contributed by atoms with Crippen LogP contribution in [0.15, 0.2) is 42.5 Å². The highest BCUT2D eigenvalue weighted by molar-refractivity contribution is 6.30. The number of benzene rings is 2. The van der Waals surface area contributed by atoms with E-state index in [0.717, 1.165) is 17.7 Å². The van der Waals surface area contributed by atoms with E-state index in [2.05, 4.69) is 5.32 Å². The van der Waals surface area contributed by atoms with E-state index in [1.54, 1.807) is 24.3 Å². The normalized spacial score (nSPS) is 12.0. The number of aryl methyl sites for hydroxylation is 1. The van der Waals surface area contributed by atoms with E-state index < -0.39 is 17.7 Å². The third-order valence-electron chi connectivity index (χ3n) is 3.41. The van der Waals surface area contributed by atoms with Crippen LogP contribution >= 0.6 is 11.6 Å². The number of nitrogens with one attached hydrogen (secondary N) is 1. The molecule has 0 aromatic heterocycles. The number of carbonyl (C=O) groups excluding carboxylic acids is 1. The fourth-order valence-electron chi connectivity index (χ4n) is 2.15. The Balaban J connectivity index is 1.92. The van der Waals surface area contributed by atoms with Crippen molar-refractivity contribution in [1.82, 2.24) is 5.32 Å². The number of hydrogen-bond donors (Lipinski definition) is 2. The number of aliphatic hydroxyl groups excluding tert-OH is 1. The molecule has 0 spiro atoms. The van der Waals surface area contributed by atoms with Crippen molar-refractivity contribution >= 4 is 17.5 Å². The maximum absolute atomic E-state index is 13.1. The van der Waals surface area contributed by atoms with Crippen LogP contribution in [0.2, 0.25) is 5.02 Å². The monoisotopic (exact) mass is 339 g/mol. The lowest BCUT2D eigenvalue weighted by atomic mass is 10.1. The molecule has 0 aliphatic carbocycles. The first-order chi connectivity index (χ1) is 11.0. The Morgan fingerprint density at radius 2 is 1.83 bits per heavy atom. The molecule has 1 unspecified atom stereocenters. The zero-order valence-corrected chi connectivity index (χ0v) is 13.0. The molecule has 0 saturated heterocycles. The van der Waals surface area contributed by atoms with Gasteiger partial charge in [-0.05, 0) is 41.8 Å². The van der Waals surface area contributed by atoms with Crippen LogP contribution in [0.1, 0.15) is 23.6 Å². The second-order valence-corrected chi connectivity index (χ2v) is 5.54. The minimum Gasteiger partial charge on any atom is -0.394 e. The smallest absolute Gasteiger partial charge is 0.220 e. The lowest BCUT2D eigenvalue weighted by molar-refractivity contribution is -0.122. The van der Waals surface area contributed by atoms with E-state index in [1.165, 1.54) is 6.07 Å². The predicted octanol–water partition coefficient (Wildman–Crippen LogP) is 3.40. The quantitative estimate of drug-likeness (QED) is 0.847. The topological polar surface area (TPSA) is 49.3 Å². The van der Waals surface area contributed by atoms with E-state index in [4.69, 9.17) is 11.6 Å². The van der Waals surface area contributed by atoms with Crippen LogP contribution in [0.4, 0.5) is 8.78 Å². The molecule has 122 valence electrons. The lowest BCUT2D eigenvalue weighted by Gasteiger charge is -2.17. The third-order valence-corrected chi connectivity index (χ3v) is 3.67. The molecular weight excluding hydrogens is 324 g/mol. The van der Waals surface area contributed by atoms with Crippen molar-refractivity contribution in [1.29, 1.82) is 0 Å². The molecule has 2 aromatic carbocycles. The zero-order valence-electron chi connectivity index (χ0n) is 12.2. The molecule has 0 radical (unpaired) electrons. The molecule has 0 fully saturated rings. The van der Waals surface area contributed by atoms with Gasteiger partial charge in [0, 0.05) is 11.4 Å². The first-order valence-electron chi connectivity index (χ1n) is 7.09. The van der Waals surface area contributed by atoms with Gasteiger partial charge in [-0.3, -0.25) is 4.79 Å². The standard InChI is InChI=1S/C17H16ClF2NO2/c18-13-5-3-12(4-6-13)16(10-22)21-17(23)8-2-11-1-7-14(19)15(20)9-11/h1,3-7,9,16,22H,2,8,10H2,(H,21,23). The zero-order chi connectivity index (χ0) is 16.8. The molecule has 2 rings (SSSR count). The molecule has 0 bridgehead atoms. The maximum atomic E-state index is 13.1. The van der Waals surface area contributed by atoms with E-state index in [-0.39, 0.29) is 25.4 Å². The Kier molecular flexibility index (Phi) is 6.07. The predicted molar refractivity (Wildman–Crippen MR) is 84.1 cm³/mol. The van der Waals surface area contributed by atoms with E-state index >= 15 is 0 Å². The molecule has 0 aliphatic heterocycles. The molecule has 2 aromatic rings. The fraction of sp³-hybridized carbons (Fsp3) is 0.235. The molecule has 3 nitrogen and oxygen atoms in total. The summed E-state index contributed by atoms with van der Waals surface area (Å²) in [6, 6.07) is 9.80. The van der Waals surface area contributed by atoms with Gasteiger partial charge in [-0.15, -0.1) is 0 Å². The van der Waals surface area contributed by atoms with Gasteiger partial charge in [-0.25, -0.2) is 8.78 Å². The Labute approximate surface area is 137 Å². The Hall–Kier alpha value is -1.98. The van der Waals surface area contributed by atoms with E-state index in [9.17, 15) is 18.7 Å². The van der Waals surface area contributed by atoms with Crippen molar-refractivity contribution in [3.8, 4) is 0 Å². The Morgan fingerprint density at radius 3 is 2.43 bits per heavy atom. The van der Waals surface area contributed by atoms with Crippen LogP contribution in [-0.4, -0.2) is 17.6 Å². The number of carbonyl (C=O) groups is 1. The Bertz CT molecular complexity index is 677. The van der Waals surface area contributed by atoms with Gasteiger partial charge in [0.2, 0.25) is 5.91 Å². The van der Waals surface area contributed by atoms with E-state index in [1.807, 2.05) is 0 Å². The van der Waals surface area contributed by atoms with Crippen molar-refractivity contribution in [2.24, 2.45) is 0 Å². The number of hydrogen-bond acceptors (Lipinski definition) is 2. The summed E-state index contributed by atoms with van der Waals surface area (Å²) in [7, 11) is 0. The summed E-state index contributed by atoms with van der Waals surface area (Å²) in [5.41, 5.74) is 1.27. The molecule has 1 atom stereocenters. The minimum atomic E-state index is -0.933. The summed E-state index contributed by atoms with van der Waals surface area (Å²) in [5, 5.41) is 12.7. The van der Waals surface area contributed by atoms with E-state index in [0.29, 0.717) is 10.6 Å². The van der Waals surface area contributed by atoms with Gasteiger partial charge < -0.3 is 10.4 Å². The molecule has 0 heterocycles. The number of aliphatic hydroxyl groups is 1. The van der Waals surface area contributed by atoms with Crippen molar-refractivity contribution in [3.63, 3.8) is 0 Å². The molecule has 0 aliphatic rings. The van der Waals surface area contributed by atoms with Crippen molar-refractivity contribution < 1.29 is 18.7 Å². The van der Waals surface area contributed by atoms with Crippen molar-refractivity contribution in [2.45, 2.75) is 18.9 Å². The number of amides is 1. The summed E-state index contributed by atoms with van der Waals surface area (Å²) >= 11 is 5.80. The van der Waals surface area contributed by atoms with Gasteiger partial charge in [0.25, 0.3) is 0 Å². The number of halogens is 3. The second kappa shape index (κ2) is 8.04. The van der Waals surface area contributed by atoms with Crippen LogP contribution in [-0.2, 0) is 11.2 Å². The summed E-state index contributed by atoms with van der Waals surface area (Å²) in [5.74, 6) is -2.14. The summed E-state index contributed by atoms with van der Waals surface area (Å²) in [4.78, 5) is 12.0. The SMILES string of the molecule is O=C(CCc1ccc(F)c(F)c1)NC(CO)c1ccc(Cl)cc1. The highest BCUT2D eigenvalue weighted by Gasteiger charge is 2.14. The van der Waals surface area contributed by atoms with Crippen molar-refractivity contribution in [3.05, 3.63) is 70.2 Å². The van der Waals surface area contributed by atoms with Crippen LogP contribution < -0.4 is 5.32 Å². The van der Waals surface area contributed by atoms with Gasteiger partial charge in [0.05, 0.1) is 12.6 Å². The van der Waals surface area contributed by atoms with Crippen LogP contribution in [0.5, 0.6) is 0 Å². The first-order valence-corrected chi connectivity index (χ1v) is 7.47. The summed E-state index contributed by atoms with van der Waals surface area (Å²) in [6.45, 7) is -0.251.